The van der Waals surface area contributed by atoms with Crippen molar-refractivity contribution < 1.29 is 9.59 Å². The molecule has 7 heteroatoms. The number of benzene rings is 3. The average molecular weight is 477 g/mol. The van der Waals surface area contributed by atoms with Crippen LogP contribution in [0.5, 0.6) is 0 Å². The molecule has 0 radical (unpaired) electrons. The summed E-state index contributed by atoms with van der Waals surface area (Å²) in [4.78, 5) is 28.2. The maximum absolute atomic E-state index is 13.4. The van der Waals surface area contributed by atoms with Gasteiger partial charge in [-0.2, -0.15) is 0 Å². The molecule has 0 aliphatic carbocycles. The van der Waals surface area contributed by atoms with E-state index in [9.17, 15) is 9.59 Å². The first-order chi connectivity index (χ1) is 16.5. The van der Waals surface area contributed by atoms with E-state index in [0.29, 0.717) is 22.0 Å². The van der Waals surface area contributed by atoms with E-state index < -0.39 is 6.03 Å². The fraction of sp³-hybridized carbons (Fsp3) is 0.259. The lowest BCUT2D eigenvalue weighted by molar-refractivity contribution is 0.0940. The molecule has 34 heavy (non-hydrogen) atoms. The van der Waals surface area contributed by atoms with Gasteiger partial charge in [-0.15, -0.1) is 0 Å². The number of halogens is 1. The van der Waals surface area contributed by atoms with Crippen LogP contribution in [0.25, 0.3) is 0 Å². The number of urea groups is 1. The lowest BCUT2D eigenvalue weighted by Gasteiger charge is -2.31. The van der Waals surface area contributed by atoms with Crippen molar-refractivity contribution in [2.45, 2.75) is 32.2 Å². The van der Waals surface area contributed by atoms with E-state index in [1.54, 1.807) is 30.3 Å². The highest BCUT2D eigenvalue weighted by Gasteiger charge is 2.21. The second-order valence-electron chi connectivity index (χ2n) is 8.47. The number of carbonyl (C=O) groups is 2. The minimum atomic E-state index is -0.392. The molecule has 176 valence electrons. The van der Waals surface area contributed by atoms with Crippen molar-refractivity contribution in [3.8, 4) is 0 Å². The number of piperidine rings is 1. The zero-order valence-corrected chi connectivity index (χ0v) is 19.9. The van der Waals surface area contributed by atoms with Crippen molar-refractivity contribution in [1.82, 2.24) is 5.32 Å². The Morgan fingerprint density at radius 1 is 0.853 bits per heavy atom. The van der Waals surface area contributed by atoms with Crippen LogP contribution in [0, 0.1) is 0 Å². The first kappa shape index (κ1) is 23.6. The first-order valence-corrected chi connectivity index (χ1v) is 12.0. The van der Waals surface area contributed by atoms with Gasteiger partial charge >= 0.3 is 6.03 Å². The monoisotopic (exact) mass is 476 g/mol. The topological polar surface area (TPSA) is 73.5 Å². The number of nitrogens with zero attached hydrogens (tertiary/aromatic N) is 1. The number of anilines is 3. The van der Waals surface area contributed by atoms with E-state index >= 15 is 0 Å². The van der Waals surface area contributed by atoms with Crippen LogP contribution in [0.3, 0.4) is 0 Å². The van der Waals surface area contributed by atoms with Gasteiger partial charge in [0.2, 0.25) is 0 Å². The van der Waals surface area contributed by atoms with E-state index in [1.165, 1.54) is 6.42 Å². The van der Waals surface area contributed by atoms with E-state index in [4.69, 9.17) is 11.6 Å². The summed E-state index contributed by atoms with van der Waals surface area (Å²) in [6.07, 6.45) is 3.41. The van der Waals surface area contributed by atoms with Crippen LogP contribution >= 0.6 is 11.6 Å². The Kier molecular flexibility index (Phi) is 7.70. The Labute approximate surface area is 205 Å². The number of hydrogen-bond acceptors (Lipinski definition) is 3. The van der Waals surface area contributed by atoms with Gasteiger partial charge in [0.1, 0.15) is 0 Å². The van der Waals surface area contributed by atoms with Crippen molar-refractivity contribution in [1.29, 1.82) is 0 Å². The van der Waals surface area contributed by atoms with Gasteiger partial charge in [0.25, 0.3) is 5.91 Å². The molecular weight excluding hydrogens is 448 g/mol. The molecule has 3 aromatic carbocycles. The molecule has 1 atom stereocenters. The quantitative estimate of drug-likeness (QED) is 0.382. The normalized spacial score (nSPS) is 14.2. The van der Waals surface area contributed by atoms with Gasteiger partial charge in [-0.1, -0.05) is 41.9 Å². The Bertz CT molecular complexity index is 1130. The highest BCUT2D eigenvalue weighted by Crippen LogP contribution is 2.28. The molecular formula is C27H29ClN4O2. The third-order valence-electron chi connectivity index (χ3n) is 5.95. The second-order valence-corrected chi connectivity index (χ2v) is 8.91. The number of amides is 3. The molecule has 3 N–H and O–H groups in total. The van der Waals surface area contributed by atoms with Gasteiger partial charge in [0.05, 0.1) is 11.6 Å². The zero-order chi connectivity index (χ0) is 23.9. The summed E-state index contributed by atoms with van der Waals surface area (Å²) in [6, 6.07) is 21.7. The summed E-state index contributed by atoms with van der Waals surface area (Å²) in [7, 11) is 0. The van der Waals surface area contributed by atoms with E-state index in [0.717, 1.165) is 37.2 Å². The Morgan fingerprint density at radius 2 is 1.50 bits per heavy atom. The molecule has 3 amide bonds. The Hall–Kier alpha value is -3.51. The van der Waals surface area contributed by atoms with Crippen LogP contribution < -0.4 is 20.9 Å². The lowest BCUT2D eigenvalue weighted by atomic mass is 10.0. The third kappa shape index (κ3) is 6.08. The van der Waals surface area contributed by atoms with Crippen LogP contribution in [-0.2, 0) is 0 Å². The van der Waals surface area contributed by atoms with Crippen molar-refractivity contribution in [3.63, 3.8) is 0 Å². The summed E-state index contributed by atoms with van der Waals surface area (Å²) in [5, 5.41) is 9.32. The van der Waals surface area contributed by atoms with Crippen molar-refractivity contribution >= 4 is 40.6 Å². The molecule has 6 nitrogen and oxygen atoms in total. The average Bonchev–Trinajstić information content (AvgIpc) is 2.86. The van der Waals surface area contributed by atoms with Gasteiger partial charge in [0, 0.05) is 35.2 Å². The highest BCUT2D eigenvalue weighted by molar-refractivity contribution is 6.30. The molecule has 1 unspecified atom stereocenters. The standard InChI is InChI=1S/C27H29ClN4O2/c1-19(20-8-4-2-5-9-20)29-26(33)24-18-23(14-15-25(24)32-16-6-3-7-17-32)31-27(34)30-22-12-10-21(28)11-13-22/h2,4-5,8-15,18-19H,3,6-7,16-17H2,1H3,(H,29,33)(H2,30,31,34). The Morgan fingerprint density at radius 3 is 2.21 bits per heavy atom. The summed E-state index contributed by atoms with van der Waals surface area (Å²) < 4.78 is 0. The fourth-order valence-electron chi connectivity index (χ4n) is 4.13. The minimum absolute atomic E-state index is 0.146. The summed E-state index contributed by atoms with van der Waals surface area (Å²) >= 11 is 5.91. The molecule has 1 aliphatic heterocycles. The molecule has 1 aliphatic rings. The molecule has 0 bridgehead atoms. The molecule has 1 heterocycles. The Balaban J connectivity index is 1.54. The van der Waals surface area contributed by atoms with E-state index in [-0.39, 0.29) is 11.9 Å². The first-order valence-electron chi connectivity index (χ1n) is 11.6. The number of nitrogens with one attached hydrogen (secondary N) is 3. The predicted molar refractivity (Wildman–Crippen MR) is 139 cm³/mol. The van der Waals surface area contributed by atoms with Crippen LogP contribution in [0.2, 0.25) is 5.02 Å². The van der Waals surface area contributed by atoms with Crippen LogP contribution in [0.1, 0.15) is 48.1 Å². The predicted octanol–water partition coefficient (Wildman–Crippen LogP) is 6.47. The van der Waals surface area contributed by atoms with Crippen molar-refractivity contribution in [2.24, 2.45) is 0 Å². The van der Waals surface area contributed by atoms with Crippen LogP contribution in [0.4, 0.5) is 21.9 Å². The second kappa shape index (κ2) is 11.1. The van der Waals surface area contributed by atoms with E-state index in [2.05, 4.69) is 20.9 Å². The van der Waals surface area contributed by atoms with Crippen LogP contribution in [0.15, 0.2) is 72.8 Å². The third-order valence-corrected chi connectivity index (χ3v) is 6.20. The zero-order valence-electron chi connectivity index (χ0n) is 19.2. The van der Waals surface area contributed by atoms with Crippen LogP contribution in [-0.4, -0.2) is 25.0 Å². The molecule has 1 saturated heterocycles. The van der Waals surface area contributed by atoms with Gasteiger partial charge < -0.3 is 20.9 Å². The maximum atomic E-state index is 13.4. The largest absolute Gasteiger partial charge is 0.371 e. The fourth-order valence-corrected chi connectivity index (χ4v) is 4.26. The SMILES string of the molecule is CC(NC(=O)c1cc(NC(=O)Nc2ccc(Cl)cc2)ccc1N1CCCCC1)c1ccccc1. The maximum Gasteiger partial charge on any atom is 0.323 e. The molecule has 0 saturated carbocycles. The molecule has 0 aromatic heterocycles. The molecule has 3 aromatic rings. The van der Waals surface area contributed by atoms with Gasteiger partial charge in [-0.3, -0.25) is 4.79 Å². The summed E-state index contributed by atoms with van der Waals surface area (Å²) in [5.41, 5.74) is 3.65. The molecule has 0 spiro atoms. The van der Waals surface area contributed by atoms with Crippen molar-refractivity contribution in [2.75, 3.05) is 28.6 Å². The van der Waals surface area contributed by atoms with Crippen molar-refractivity contribution in [3.05, 3.63) is 88.9 Å². The number of hydrogen-bond donors (Lipinski definition) is 3. The summed E-state index contributed by atoms with van der Waals surface area (Å²) in [6.45, 7) is 3.80. The summed E-state index contributed by atoms with van der Waals surface area (Å²) in [5.74, 6) is -0.168. The van der Waals surface area contributed by atoms with Gasteiger partial charge in [0.15, 0.2) is 0 Å². The molecule has 1 fully saturated rings. The number of carbonyl (C=O) groups excluding carboxylic acids is 2. The highest BCUT2D eigenvalue weighted by atomic mass is 35.5. The lowest BCUT2D eigenvalue weighted by Crippen LogP contribution is -2.33. The van der Waals surface area contributed by atoms with Gasteiger partial charge in [-0.05, 0) is 74.2 Å². The smallest absolute Gasteiger partial charge is 0.323 e. The minimum Gasteiger partial charge on any atom is -0.371 e. The number of rotatable bonds is 6. The van der Waals surface area contributed by atoms with Gasteiger partial charge in [-0.25, -0.2) is 4.79 Å². The molecule has 4 rings (SSSR count). The van der Waals surface area contributed by atoms with E-state index in [1.807, 2.05) is 49.4 Å².